The zero-order chi connectivity index (χ0) is 16.9. The molecule has 0 aromatic carbocycles. The summed E-state index contributed by atoms with van der Waals surface area (Å²) in [4.78, 5) is 24.1. The molecule has 0 radical (unpaired) electrons. The van der Waals surface area contributed by atoms with Crippen LogP contribution >= 0.6 is 11.3 Å². The highest BCUT2D eigenvalue weighted by molar-refractivity contribution is 7.11. The van der Waals surface area contributed by atoms with E-state index in [0.717, 1.165) is 49.0 Å². The van der Waals surface area contributed by atoms with Crippen molar-refractivity contribution in [2.75, 3.05) is 13.1 Å². The number of carbonyl (C=O) groups excluding carboxylic acids is 1. The summed E-state index contributed by atoms with van der Waals surface area (Å²) in [5, 5.41) is 0. The highest BCUT2D eigenvalue weighted by Gasteiger charge is 2.26. The van der Waals surface area contributed by atoms with E-state index in [4.69, 9.17) is 0 Å². The molecule has 0 aliphatic carbocycles. The Labute approximate surface area is 147 Å². The zero-order valence-electron chi connectivity index (χ0n) is 14.5. The molecule has 0 atom stereocenters. The molecule has 0 unspecified atom stereocenters. The van der Waals surface area contributed by atoms with Crippen LogP contribution < -0.4 is 0 Å². The fourth-order valence-electron chi connectivity index (χ4n) is 3.38. The second-order valence-corrected chi connectivity index (χ2v) is 7.75. The van der Waals surface area contributed by atoms with Crippen LogP contribution in [0, 0.1) is 5.92 Å². The van der Waals surface area contributed by atoms with Gasteiger partial charge in [-0.3, -0.25) is 4.79 Å². The monoisotopic (exact) mass is 346 g/mol. The van der Waals surface area contributed by atoms with Crippen molar-refractivity contribution < 1.29 is 4.79 Å². The minimum atomic E-state index is 0.179. The Kier molecular flexibility index (Phi) is 5.66. The Morgan fingerprint density at radius 1 is 1.38 bits per heavy atom. The summed E-state index contributed by atoms with van der Waals surface area (Å²) in [5.74, 6) is 1.22. The quantitative estimate of drug-likeness (QED) is 0.799. The average Bonchev–Trinajstić information content (AvgIpc) is 3.26. The summed E-state index contributed by atoms with van der Waals surface area (Å²) in [6, 6.07) is 0. The molecule has 0 spiro atoms. The number of aromatic nitrogens is 3. The topological polar surface area (TPSA) is 51.0 Å². The number of rotatable bonds is 6. The lowest BCUT2D eigenvalue weighted by Crippen LogP contribution is -2.38. The maximum atomic E-state index is 12.7. The first-order chi connectivity index (χ1) is 11.6. The number of aryl methyl sites for hydroxylation is 1. The summed E-state index contributed by atoms with van der Waals surface area (Å²) in [6.45, 7) is 6.99. The van der Waals surface area contributed by atoms with Crippen molar-refractivity contribution in [3.05, 3.63) is 34.8 Å². The van der Waals surface area contributed by atoms with Crippen LogP contribution in [0.3, 0.4) is 0 Å². The smallest absolute Gasteiger partial charge is 0.265 e. The Balaban J connectivity index is 1.46. The predicted octanol–water partition coefficient (Wildman–Crippen LogP) is 3.80. The van der Waals surface area contributed by atoms with Crippen molar-refractivity contribution in [2.45, 2.75) is 52.0 Å². The van der Waals surface area contributed by atoms with Crippen molar-refractivity contribution in [2.24, 2.45) is 5.92 Å². The van der Waals surface area contributed by atoms with Gasteiger partial charge in [-0.25, -0.2) is 9.97 Å². The summed E-state index contributed by atoms with van der Waals surface area (Å²) < 4.78 is 2.13. The number of piperidine rings is 1. The van der Waals surface area contributed by atoms with Crippen LogP contribution in [0.4, 0.5) is 0 Å². The van der Waals surface area contributed by atoms with E-state index in [0.29, 0.717) is 5.92 Å². The average molecular weight is 346 g/mol. The van der Waals surface area contributed by atoms with Gasteiger partial charge in [0.2, 0.25) is 0 Å². The van der Waals surface area contributed by atoms with Gasteiger partial charge in [-0.15, -0.1) is 11.3 Å². The maximum absolute atomic E-state index is 12.7. The molecule has 1 aliphatic rings. The fraction of sp³-hybridized carbons (Fsp3) is 0.611. The Morgan fingerprint density at radius 3 is 2.83 bits per heavy atom. The van der Waals surface area contributed by atoms with E-state index in [1.54, 1.807) is 5.51 Å². The van der Waals surface area contributed by atoms with E-state index >= 15 is 0 Å². The first-order valence-corrected chi connectivity index (χ1v) is 9.71. The molecular weight excluding hydrogens is 320 g/mol. The van der Waals surface area contributed by atoms with Crippen LogP contribution in [0.5, 0.6) is 0 Å². The Bertz CT molecular complexity index is 642. The second kappa shape index (κ2) is 7.92. The molecule has 24 heavy (non-hydrogen) atoms. The molecule has 2 aromatic rings. The highest BCUT2D eigenvalue weighted by atomic mass is 32.1. The fourth-order valence-corrected chi connectivity index (χ4v) is 4.29. The Hall–Kier alpha value is -1.69. The third-order valence-corrected chi connectivity index (χ3v) is 5.66. The van der Waals surface area contributed by atoms with Crippen LogP contribution in [0.15, 0.2) is 24.2 Å². The van der Waals surface area contributed by atoms with Crippen LogP contribution in [0.1, 0.15) is 60.8 Å². The summed E-state index contributed by atoms with van der Waals surface area (Å²) in [6.07, 6.45) is 10.4. The number of hydrogen-bond acceptors (Lipinski definition) is 4. The van der Waals surface area contributed by atoms with Crippen molar-refractivity contribution >= 4 is 17.2 Å². The number of amides is 1. The molecule has 130 valence electrons. The standard InChI is InChI=1S/C18H26N4OS/c1-14(2)16-17(24-13-20-16)18(23)22-9-5-15(6-10-22)4-3-8-21-11-7-19-12-21/h7,11-15H,3-6,8-10H2,1-2H3. The molecule has 1 saturated heterocycles. The zero-order valence-corrected chi connectivity index (χ0v) is 15.3. The second-order valence-electron chi connectivity index (χ2n) is 6.90. The molecule has 1 fully saturated rings. The highest BCUT2D eigenvalue weighted by Crippen LogP contribution is 2.27. The lowest BCUT2D eigenvalue weighted by molar-refractivity contribution is 0.0688. The number of thiazole rings is 1. The molecule has 0 saturated carbocycles. The molecule has 1 amide bonds. The molecule has 5 nitrogen and oxygen atoms in total. The number of nitrogens with zero attached hydrogens (tertiary/aromatic N) is 4. The van der Waals surface area contributed by atoms with Gasteiger partial charge >= 0.3 is 0 Å². The molecule has 0 bridgehead atoms. The maximum Gasteiger partial charge on any atom is 0.265 e. The Morgan fingerprint density at radius 2 is 2.17 bits per heavy atom. The van der Waals surface area contributed by atoms with E-state index in [-0.39, 0.29) is 5.91 Å². The van der Waals surface area contributed by atoms with Crippen molar-refractivity contribution in [1.29, 1.82) is 0 Å². The van der Waals surface area contributed by atoms with Crippen LogP contribution in [0.25, 0.3) is 0 Å². The van der Waals surface area contributed by atoms with E-state index in [1.807, 2.05) is 23.6 Å². The van der Waals surface area contributed by atoms with Gasteiger partial charge in [0.15, 0.2) is 0 Å². The SMILES string of the molecule is CC(C)c1ncsc1C(=O)N1CCC(CCCn2ccnc2)CC1. The van der Waals surface area contributed by atoms with Gasteiger partial charge in [0.25, 0.3) is 5.91 Å². The van der Waals surface area contributed by atoms with E-state index in [9.17, 15) is 4.79 Å². The van der Waals surface area contributed by atoms with E-state index < -0.39 is 0 Å². The summed E-state index contributed by atoms with van der Waals surface area (Å²) in [5.41, 5.74) is 2.75. The van der Waals surface area contributed by atoms with Crippen molar-refractivity contribution in [3.63, 3.8) is 0 Å². The third kappa shape index (κ3) is 4.04. The minimum absolute atomic E-state index is 0.179. The number of carbonyl (C=O) groups is 1. The van der Waals surface area contributed by atoms with Crippen LogP contribution in [-0.2, 0) is 6.54 Å². The number of imidazole rings is 1. The van der Waals surface area contributed by atoms with Crippen LogP contribution in [-0.4, -0.2) is 38.4 Å². The lowest BCUT2D eigenvalue weighted by atomic mass is 9.92. The van der Waals surface area contributed by atoms with Gasteiger partial charge in [0.1, 0.15) is 4.88 Å². The molecular formula is C18H26N4OS. The van der Waals surface area contributed by atoms with Gasteiger partial charge in [-0.2, -0.15) is 0 Å². The lowest BCUT2D eigenvalue weighted by Gasteiger charge is -2.32. The van der Waals surface area contributed by atoms with Crippen LogP contribution in [0.2, 0.25) is 0 Å². The number of likely N-dealkylation sites (tertiary alicyclic amines) is 1. The molecule has 1 aliphatic heterocycles. The molecule has 2 aromatic heterocycles. The first-order valence-electron chi connectivity index (χ1n) is 8.83. The van der Waals surface area contributed by atoms with Gasteiger partial charge in [0.05, 0.1) is 17.5 Å². The number of hydrogen-bond donors (Lipinski definition) is 0. The van der Waals surface area contributed by atoms with Crippen molar-refractivity contribution in [1.82, 2.24) is 19.4 Å². The van der Waals surface area contributed by atoms with Crippen molar-refractivity contribution in [3.8, 4) is 0 Å². The van der Waals surface area contributed by atoms with E-state index in [1.165, 1.54) is 24.2 Å². The molecule has 0 N–H and O–H groups in total. The molecule has 6 heteroatoms. The third-order valence-electron chi connectivity index (χ3n) is 4.83. The normalized spacial score (nSPS) is 16.0. The minimum Gasteiger partial charge on any atom is -0.338 e. The predicted molar refractivity (Wildman–Crippen MR) is 96.3 cm³/mol. The molecule has 3 rings (SSSR count). The summed E-state index contributed by atoms with van der Waals surface area (Å²) >= 11 is 1.48. The van der Waals surface area contributed by atoms with E-state index in [2.05, 4.69) is 28.4 Å². The first kappa shape index (κ1) is 17.1. The molecule has 3 heterocycles. The van der Waals surface area contributed by atoms with Gasteiger partial charge in [0, 0.05) is 32.0 Å². The summed E-state index contributed by atoms with van der Waals surface area (Å²) in [7, 11) is 0. The van der Waals surface area contributed by atoms with Gasteiger partial charge in [-0.05, 0) is 37.5 Å². The largest absolute Gasteiger partial charge is 0.338 e. The van der Waals surface area contributed by atoms with Gasteiger partial charge in [-0.1, -0.05) is 13.8 Å². The van der Waals surface area contributed by atoms with Gasteiger partial charge < -0.3 is 9.47 Å².